The lowest BCUT2D eigenvalue weighted by atomic mass is 9.36. The fraction of sp³-hybridized carbons (Fsp3) is 0.833. The molecule has 188 valence electrons. The lowest BCUT2D eigenvalue weighted by molar-refractivity contribution is -0.214. The van der Waals surface area contributed by atoms with Gasteiger partial charge in [0.1, 0.15) is 11.6 Å². The molecule has 0 aromatic rings. The number of Topliss-reactive ketones (excluding diaryl/α,β-unsaturated/α-hetero) is 2. The zero-order chi connectivity index (χ0) is 25.1. The molecule has 34 heavy (non-hydrogen) atoms. The maximum Gasteiger partial charge on any atom is 0.161 e. The van der Waals surface area contributed by atoms with E-state index in [2.05, 4.69) is 41.5 Å². The quantitative estimate of drug-likeness (QED) is 0.466. The number of carbonyl (C=O) groups is 3. The van der Waals surface area contributed by atoms with Gasteiger partial charge in [0.2, 0.25) is 0 Å². The number of allylic oxidation sites excluding steroid dienone is 2. The first-order valence-corrected chi connectivity index (χ1v) is 13.5. The Bertz CT molecular complexity index is 990. The maximum atomic E-state index is 14.1. The van der Waals surface area contributed by atoms with Crippen LogP contribution < -0.4 is 0 Å². The van der Waals surface area contributed by atoms with Crippen LogP contribution in [0.25, 0.3) is 0 Å². The van der Waals surface area contributed by atoms with Crippen LogP contribution in [0.3, 0.4) is 0 Å². The molecule has 0 aromatic carbocycles. The fourth-order valence-corrected chi connectivity index (χ4v) is 10.2. The number of ketones is 3. The average molecular weight is 469 g/mol. The highest BCUT2D eigenvalue weighted by atomic mass is 16.5. The van der Waals surface area contributed by atoms with Gasteiger partial charge in [-0.3, -0.25) is 14.4 Å². The normalized spacial score (nSPS) is 51.6. The monoisotopic (exact) mass is 468 g/mol. The van der Waals surface area contributed by atoms with E-state index >= 15 is 0 Å². The smallest absolute Gasteiger partial charge is 0.161 e. The van der Waals surface area contributed by atoms with Gasteiger partial charge in [0, 0.05) is 35.5 Å². The number of rotatable bonds is 1. The summed E-state index contributed by atoms with van der Waals surface area (Å²) in [7, 11) is 0. The molecule has 4 nitrogen and oxygen atoms in total. The zero-order valence-electron chi connectivity index (χ0n) is 22.5. The Balaban J connectivity index is 1.58. The summed E-state index contributed by atoms with van der Waals surface area (Å²) in [5, 5.41) is 0. The van der Waals surface area contributed by atoms with Crippen molar-refractivity contribution < 1.29 is 19.1 Å². The minimum absolute atomic E-state index is 0.0315. The SMILES string of the molecule is CC1(C)CCC[C@](C)(C2CC[C@]3(C)C2C(=O)CC2[C@@]4(C)C=CC(=O)C(C)(C)C4C(=O)C[C@]23C)O1. The lowest BCUT2D eigenvalue weighted by Crippen LogP contribution is -2.67. The van der Waals surface area contributed by atoms with Crippen LogP contribution in [0.4, 0.5) is 0 Å². The highest BCUT2D eigenvalue weighted by Gasteiger charge is 2.73. The van der Waals surface area contributed by atoms with E-state index < -0.39 is 10.8 Å². The molecular formula is C30H44O4. The van der Waals surface area contributed by atoms with Crippen LogP contribution in [0, 0.1) is 45.3 Å². The molecule has 0 bridgehead atoms. The molecule has 3 saturated carbocycles. The molecule has 1 heterocycles. The Labute approximate surface area is 205 Å². The second kappa shape index (κ2) is 6.93. The van der Waals surface area contributed by atoms with Crippen LogP contribution in [0.5, 0.6) is 0 Å². The molecule has 8 atom stereocenters. The van der Waals surface area contributed by atoms with Crippen LogP contribution >= 0.6 is 0 Å². The first-order chi connectivity index (χ1) is 15.5. The van der Waals surface area contributed by atoms with Crippen molar-refractivity contribution in [2.45, 2.75) is 112 Å². The highest BCUT2D eigenvalue weighted by Crippen LogP contribution is 2.73. The zero-order valence-corrected chi connectivity index (χ0v) is 22.5. The summed E-state index contributed by atoms with van der Waals surface area (Å²) in [5.74, 6) is 0.437. The second-order valence-electron chi connectivity index (χ2n) is 14.6. The number of hydrogen-bond acceptors (Lipinski definition) is 4. The Morgan fingerprint density at radius 1 is 0.853 bits per heavy atom. The molecule has 0 amide bonds. The third kappa shape index (κ3) is 2.90. The average Bonchev–Trinajstić information content (AvgIpc) is 3.07. The van der Waals surface area contributed by atoms with Crippen molar-refractivity contribution >= 4 is 17.3 Å². The van der Waals surface area contributed by atoms with Gasteiger partial charge in [-0.1, -0.05) is 40.7 Å². The van der Waals surface area contributed by atoms with Gasteiger partial charge in [-0.25, -0.2) is 0 Å². The molecule has 1 saturated heterocycles. The Hall–Kier alpha value is -1.29. The molecular weight excluding hydrogens is 424 g/mol. The molecule has 0 aromatic heterocycles. The van der Waals surface area contributed by atoms with Gasteiger partial charge in [0.15, 0.2) is 5.78 Å². The summed E-state index contributed by atoms with van der Waals surface area (Å²) in [4.78, 5) is 40.8. The third-order valence-corrected chi connectivity index (χ3v) is 11.8. The van der Waals surface area contributed by atoms with Gasteiger partial charge < -0.3 is 4.74 Å². The summed E-state index contributed by atoms with van der Waals surface area (Å²) >= 11 is 0. The predicted octanol–water partition coefficient (Wildman–Crippen LogP) is 6.11. The van der Waals surface area contributed by atoms with E-state index in [1.807, 2.05) is 19.9 Å². The van der Waals surface area contributed by atoms with Crippen LogP contribution in [0.2, 0.25) is 0 Å². The molecule has 4 fully saturated rings. The Morgan fingerprint density at radius 2 is 1.53 bits per heavy atom. The summed E-state index contributed by atoms with van der Waals surface area (Å²) in [6, 6.07) is 0. The predicted molar refractivity (Wildman–Crippen MR) is 132 cm³/mol. The summed E-state index contributed by atoms with van der Waals surface area (Å²) in [6.45, 7) is 17.2. The Morgan fingerprint density at radius 3 is 2.18 bits per heavy atom. The van der Waals surface area contributed by atoms with E-state index in [1.54, 1.807) is 6.08 Å². The first kappa shape index (κ1) is 24.4. The van der Waals surface area contributed by atoms with Crippen LogP contribution in [0.1, 0.15) is 100 Å². The Kier molecular flexibility index (Phi) is 4.97. The third-order valence-electron chi connectivity index (χ3n) is 11.8. The molecule has 4 heteroatoms. The minimum atomic E-state index is -0.726. The van der Waals surface area contributed by atoms with Gasteiger partial charge in [-0.2, -0.15) is 0 Å². The van der Waals surface area contributed by atoms with E-state index in [1.165, 1.54) is 0 Å². The van der Waals surface area contributed by atoms with E-state index in [-0.39, 0.29) is 57.3 Å². The number of carbonyl (C=O) groups excluding carboxylic acids is 3. The molecule has 1 aliphatic heterocycles. The van der Waals surface area contributed by atoms with Crippen molar-refractivity contribution in [3.63, 3.8) is 0 Å². The number of fused-ring (bicyclic) bond motifs is 5. The van der Waals surface area contributed by atoms with Crippen molar-refractivity contribution in [2.24, 2.45) is 45.3 Å². The molecule has 4 aliphatic carbocycles. The molecule has 4 unspecified atom stereocenters. The minimum Gasteiger partial charge on any atom is -0.369 e. The number of ether oxygens (including phenoxy) is 1. The van der Waals surface area contributed by atoms with E-state index in [4.69, 9.17) is 4.74 Å². The largest absolute Gasteiger partial charge is 0.369 e. The van der Waals surface area contributed by atoms with Gasteiger partial charge in [-0.05, 0) is 81.6 Å². The fourth-order valence-electron chi connectivity index (χ4n) is 10.2. The summed E-state index contributed by atoms with van der Waals surface area (Å²) in [6.07, 6.45) is 9.80. The van der Waals surface area contributed by atoms with Crippen molar-refractivity contribution in [3.05, 3.63) is 12.2 Å². The molecule has 0 radical (unpaired) electrons. The van der Waals surface area contributed by atoms with Crippen LogP contribution in [-0.4, -0.2) is 28.6 Å². The molecule has 5 rings (SSSR count). The molecule has 0 spiro atoms. The summed E-state index contributed by atoms with van der Waals surface area (Å²) in [5.41, 5.74) is -2.18. The maximum absolute atomic E-state index is 14.1. The van der Waals surface area contributed by atoms with Gasteiger partial charge in [-0.15, -0.1) is 0 Å². The molecule has 0 N–H and O–H groups in total. The van der Waals surface area contributed by atoms with Crippen LogP contribution in [0.15, 0.2) is 12.2 Å². The van der Waals surface area contributed by atoms with Gasteiger partial charge in [0.25, 0.3) is 0 Å². The van der Waals surface area contributed by atoms with Crippen LogP contribution in [-0.2, 0) is 19.1 Å². The van der Waals surface area contributed by atoms with E-state index in [9.17, 15) is 14.4 Å². The standard InChI is InChI=1S/C30H44O4/c1-25(2)12-9-13-30(8,34-25)18-10-15-28(6)23(18)19(31)16-21-27(5)14-11-22(33)26(3,4)24(27)20(32)17-29(21,28)7/h11,14,18,21,23-24H,9-10,12-13,15-17H2,1-8H3/t18?,21?,23?,24?,27-,28-,29-,30-/m1/s1. The van der Waals surface area contributed by atoms with E-state index in [0.717, 1.165) is 32.1 Å². The van der Waals surface area contributed by atoms with Gasteiger partial charge >= 0.3 is 0 Å². The topological polar surface area (TPSA) is 60.4 Å². The summed E-state index contributed by atoms with van der Waals surface area (Å²) < 4.78 is 6.75. The first-order valence-electron chi connectivity index (χ1n) is 13.5. The lowest BCUT2D eigenvalue weighted by Gasteiger charge is -2.66. The van der Waals surface area contributed by atoms with Gasteiger partial charge in [0.05, 0.1) is 11.2 Å². The van der Waals surface area contributed by atoms with Crippen molar-refractivity contribution in [2.75, 3.05) is 0 Å². The van der Waals surface area contributed by atoms with Crippen molar-refractivity contribution in [1.82, 2.24) is 0 Å². The van der Waals surface area contributed by atoms with E-state index in [0.29, 0.717) is 18.6 Å². The number of hydrogen-bond donors (Lipinski definition) is 0. The van der Waals surface area contributed by atoms with Crippen molar-refractivity contribution in [1.29, 1.82) is 0 Å². The van der Waals surface area contributed by atoms with Crippen molar-refractivity contribution in [3.8, 4) is 0 Å². The second-order valence-corrected chi connectivity index (χ2v) is 14.6. The molecule has 5 aliphatic rings. The highest BCUT2D eigenvalue weighted by molar-refractivity contribution is 6.01.